The lowest BCUT2D eigenvalue weighted by Crippen LogP contribution is -2.62. The number of halogens is 5. The number of sulfone groups is 1. The smallest absolute Gasteiger partial charge is 0.204 e. The van der Waals surface area contributed by atoms with Gasteiger partial charge in [-0.25, -0.2) is 30.4 Å². The molecule has 2 atom stereocenters. The second kappa shape index (κ2) is 5.43. The molecule has 0 radical (unpaired) electrons. The summed E-state index contributed by atoms with van der Waals surface area (Å²) in [5.41, 5.74) is 11.3. The Labute approximate surface area is 123 Å². The van der Waals surface area contributed by atoms with Gasteiger partial charge in [0.25, 0.3) is 0 Å². The van der Waals surface area contributed by atoms with E-state index in [9.17, 15) is 30.4 Å². The summed E-state index contributed by atoms with van der Waals surface area (Å²) < 4.78 is 91.9. The van der Waals surface area contributed by atoms with Crippen LogP contribution in [-0.4, -0.2) is 19.3 Å². The van der Waals surface area contributed by atoms with Gasteiger partial charge in [0.15, 0.2) is 23.3 Å². The molecular formula is C12H13F5N2O2S. The van der Waals surface area contributed by atoms with Gasteiger partial charge in [-0.05, 0) is 12.8 Å². The Kier molecular flexibility index (Phi) is 4.22. The molecule has 0 spiro atoms. The summed E-state index contributed by atoms with van der Waals surface area (Å²) in [4.78, 5) is -4.22. The highest BCUT2D eigenvalue weighted by atomic mass is 32.2. The van der Waals surface area contributed by atoms with Gasteiger partial charge in [-0.15, -0.1) is 0 Å². The summed E-state index contributed by atoms with van der Waals surface area (Å²) in [6, 6.07) is -1.18. The van der Waals surface area contributed by atoms with Crippen LogP contribution >= 0.6 is 0 Å². The molecule has 2 rings (SSSR count). The first-order valence-corrected chi connectivity index (χ1v) is 7.84. The monoisotopic (exact) mass is 344 g/mol. The molecule has 1 fully saturated rings. The van der Waals surface area contributed by atoms with E-state index in [0.29, 0.717) is 12.8 Å². The van der Waals surface area contributed by atoms with Gasteiger partial charge in [-0.2, -0.15) is 0 Å². The molecule has 1 aliphatic rings. The Morgan fingerprint density at radius 3 is 1.82 bits per heavy atom. The highest BCUT2D eigenvalue weighted by Crippen LogP contribution is 2.37. The quantitative estimate of drug-likeness (QED) is 0.370. The van der Waals surface area contributed by atoms with Crippen LogP contribution in [0.2, 0.25) is 0 Å². The summed E-state index contributed by atoms with van der Waals surface area (Å²) in [5, 5.41) is 0. The predicted molar refractivity (Wildman–Crippen MR) is 66.8 cm³/mol. The van der Waals surface area contributed by atoms with Crippen molar-refractivity contribution in [3.05, 3.63) is 29.1 Å². The van der Waals surface area contributed by atoms with Crippen molar-refractivity contribution in [1.82, 2.24) is 0 Å². The van der Waals surface area contributed by atoms with Crippen LogP contribution in [0.25, 0.3) is 0 Å². The second-order valence-corrected chi connectivity index (χ2v) is 7.38. The van der Waals surface area contributed by atoms with Gasteiger partial charge in [0.2, 0.25) is 15.7 Å². The third kappa shape index (κ3) is 2.20. The fraction of sp³-hybridized carbons (Fsp3) is 0.500. The fourth-order valence-corrected chi connectivity index (χ4v) is 4.50. The maximum Gasteiger partial charge on any atom is 0.204 e. The number of rotatable bonds is 2. The molecule has 0 aliphatic heterocycles. The van der Waals surface area contributed by atoms with Gasteiger partial charge in [0.05, 0.1) is 0 Å². The molecule has 0 aromatic heterocycles. The number of nitrogens with two attached hydrogens (primary N) is 2. The van der Waals surface area contributed by atoms with Crippen LogP contribution in [0.3, 0.4) is 0 Å². The van der Waals surface area contributed by atoms with Crippen LogP contribution in [0, 0.1) is 29.1 Å². The first kappa shape index (κ1) is 17.1. The maximum absolute atomic E-state index is 13.8. The molecule has 4 nitrogen and oxygen atoms in total. The molecule has 2 unspecified atom stereocenters. The summed E-state index contributed by atoms with van der Waals surface area (Å²) in [6.07, 6.45) is 0.771. The third-order valence-corrected chi connectivity index (χ3v) is 6.30. The van der Waals surface area contributed by atoms with Crippen molar-refractivity contribution in [2.75, 3.05) is 0 Å². The zero-order valence-corrected chi connectivity index (χ0v) is 12.0. The molecule has 0 amide bonds. The number of hydrogen-bond donors (Lipinski definition) is 2. The Hall–Kier alpha value is -1.26. The molecule has 22 heavy (non-hydrogen) atoms. The molecule has 4 N–H and O–H groups in total. The summed E-state index contributed by atoms with van der Waals surface area (Å²) in [7, 11) is -5.08. The van der Waals surface area contributed by atoms with Gasteiger partial charge in [-0.3, -0.25) is 0 Å². The molecular weight excluding hydrogens is 331 g/mol. The van der Waals surface area contributed by atoms with Crippen molar-refractivity contribution < 1.29 is 30.4 Å². The molecule has 0 bridgehead atoms. The highest BCUT2D eigenvalue weighted by Gasteiger charge is 2.50. The Morgan fingerprint density at radius 1 is 0.909 bits per heavy atom. The number of hydrogen-bond acceptors (Lipinski definition) is 4. The van der Waals surface area contributed by atoms with Gasteiger partial charge in [-0.1, -0.05) is 12.8 Å². The van der Waals surface area contributed by atoms with Crippen LogP contribution in [0.4, 0.5) is 22.0 Å². The lowest BCUT2D eigenvalue weighted by atomic mass is 9.91. The first-order chi connectivity index (χ1) is 10.1. The molecule has 10 heteroatoms. The minimum absolute atomic E-state index is 0.158. The van der Waals surface area contributed by atoms with E-state index >= 15 is 0 Å². The van der Waals surface area contributed by atoms with Crippen LogP contribution < -0.4 is 11.5 Å². The SMILES string of the molecule is NC1CCCCC1(N)S(=O)(=O)c1c(F)c(F)c(F)c(F)c1F. The molecule has 124 valence electrons. The fourth-order valence-electron chi connectivity index (χ4n) is 2.54. The minimum Gasteiger partial charge on any atom is -0.325 e. The normalized spacial score (nSPS) is 26.2. The van der Waals surface area contributed by atoms with Crippen molar-refractivity contribution >= 4 is 9.84 Å². The Balaban J connectivity index is 2.75. The molecule has 1 aromatic rings. The van der Waals surface area contributed by atoms with Gasteiger partial charge in [0, 0.05) is 6.04 Å². The molecule has 0 saturated heterocycles. The Morgan fingerprint density at radius 2 is 1.36 bits per heavy atom. The Bertz CT molecular complexity index is 696. The van der Waals surface area contributed by atoms with Crippen molar-refractivity contribution in [3.8, 4) is 0 Å². The van der Waals surface area contributed by atoms with Crippen molar-refractivity contribution in [2.24, 2.45) is 11.5 Å². The van der Waals surface area contributed by atoms with E-state index < -0.39 is 54.7 Å². The zero-order valence-electron chi connectivity index (χ0n) is 11.2. The van der Waals surface area contributed by atoms with Gasteiger partial charge < -0.3 is 11.5 Å². The summed E-state index contributed by atoms with van der Waals surface area (Å²) >= 11 is 0. The standard InChI is InChI=1S/C12H13F5N2O2S/c13-6-7(14)9(16)11(10(17)8(6)15)22(20,21)12(19)4-2-1-3-5(12)18/h5H,1-4,18-19H2. The molecule has 0 heterocycles. The van der Waals surface area contributed by atoms with Crippen molar-refractivity contribution in [3.63, 3.8) is 0 Å². The highest BCUT2D eigenvalue weighted by molar-refractivity contribution is 7.92. The molecule has 1 saturated carbocycles. The summed E-state index contributed by atoms with van der Waals surface area (Å²) in [6.45, 7) is 0. The van der Waals surface area contributed by atoms with E-state index in [1.165, 1.54) is 0 Å². The third-order valence-electron chi connectivity index (χ3n) is 3.90. The summed E-state index contributed by atoms with van der Waals surface area (Å²) in [5.74, 6) is -12.0. The van der Waals surface area contributed by atoms with E-state index in [1.807, 2.05) is 0 Å². The average molecular weight is 344 g/mol. The van der Waals surface area contributed by atoms with E-state index in [4.69, 9.17) is 11.5 Å². The topological polar surface area (TPSA) is 86.2 Å². The predicted octanol–water partition coefficient (Wildman–Crippen LogP) is 1.71. The lowest BCUT2D eigenvalue weighted by molar-refractivity contribution is 0.323. The lowest BCUT2D eigenvalue weighted by Gasteiger charge is -2.38. The van der Waals surface area contributed by atoms with Gasteiger partial charge >= 0.3 is 0 Å². The average Bonchev–Trinajstić information content (AvgIpc) is 2.46. The van der Waals surface area contributed by atoms with Crippen LogP contribution in [0.1, 0.15) is 25.7 Å². The minimum atomic E-state index is -5.08. The van der Waals surface area contributed by atoms with E-state index in [1.54, 1.807) is 0 Å². The van der Waals surface area contributed by atoms with Crippen LogP contribution in [0.15, 0.2) is 4.90 Å². The molecule has 1 aromatic carbocycles. The van der Waals surface area contributed by atoms with Crippen molar-refractivity contribution in [1.29, 1.82) is 0 Å². The van der Waals surface area contributed by atoms with E-state index in [2.05, 4.69) is 0 Å². The molecule has 1 aliphatic carbocycles. The largest absolute Gasteiger partial charge is 0.325 e. The second-order valence-electron chi connectivity index (χ2n) is 5.21. The van der Waals surface area contributed by atoms with Gasteiger partial charge in [0.1, 0.15) is 9.77 Å². The zero-order chi connectivity index (χ0) is 16.9. The van der Waals surface area contributed by atoms with E-state index in [0.717, 1.165) is 0 Å². The van der Waals surface area contributed by atoms with E-state index in [-0.39, 0.29) is 12.8 Å². The number of benzene rings is 1. The first-order valence-electron chi connectivity index (χ1n) is 6.36. The van der Waals surface area contributed by atoms with Crippen LogP contribution in [0.5, 0.6) is 0 Å². The maximum atomic E-state index is 13.8. The van der Waals surface area contributed by atoms with Crippen LogP contribution in [-0.2, 0) is 9.84 Å². The van der Waals surface area contributed by atoms with Crippen molar-refractivity contribution in [2.45, 2.75) is 41.5 Å².